The Morgan fingerprint density at radius 1 is 1.42 bits per heavy atom. The van der Waals surface area contributed by atoms with Crippen LogP contribution < -0.4 is 11.1 Å². The zero-order valence-corrected chi connectivity index (χ0v) is 13.8. The molecule has 24 heavy (non-hydrogen) atoms. The van der Waals surface area contributed by atoms with Gasteiger partial charge in [-0.1, -0.05) is 12.2 Å². The summed E-state index contributed by atoms with van der Waals surface area (Å²) in [4.78, 5) is 1.42. The third-order valence-electron chi connectivity index (χ3n) is 4.47. The van der Waals surface area contributed by atoms with E-state index in [2.05, 4.69) is 11.4 Å². The summed E-state index contributed by atoms with van der Waals surface area (Å²) in [5.74, 6) is -0.220. The number of aliphatic hydroxyl groups is 1. The summed E-state index contributed by atoms with van der Waals surface area (Å²) in [6, 6.07) is 2.08. The largest absolute Gasteiger partial charge is 0.493 e. The van der Waals surface area contributed by atoms with E-state index >= 15 is 0 Å². The van der Waals surface area contributed by atoms with E-state index in [0.29, 0.717) is 22.5 Å². The fraction of sp³-hybridized carbons (Fsp3) is 0.267. The molecule has 1 aliphatic carbocycles. The van der Waals surface area contributed by atoms with Crippen molar-refractivity contribution in [3.8, 4) is 6.07 Å². The summed E-state index contributed by atoms with van der Waals surface area (Å²) in [6.45, 7) is 2.99. The maximum absolute atomic E-state index is 11.6. The molecule has 0 bridgehead atoms. The predicted molar refractivity (Wildman–Crippen MR) is 86.2 cm³/mol. The molecule has 0 aromatic rings. The summed E-state index contributed by atoms with van der Waals surface area (Å²) in [6.07, 6.45) is 4.98. The van der Waals surface area contributed by atoms with E-state index in [1.165, 1.54) is 36.1 Å². The standard InChI is InChI=1S/C15H16N4O4S/c1-8-9(7-16)13-18-10-3-5-15(2,24(21,22)23)6-4-11(10)19(13)14(20)12(8)17/h3-6,13,18,20H,17H2,1-2H3,(H,21,22,23). The Hall–Kier alpha value is -2.70. The topological polar surface area (TPSA) is 140 Å². The van der Waals surface area contributed by atoms with Gasteiger partial charge in [-0.15, -0.1) is 0 Å². The highest BCUT2D eigenvalue weighted by atomic mass is 32.2. The van der Waals surface area contributed by atoms with E-state index in [1.54, 1.807) is 6.92 Å². The lowest BCUT2D eigenvalue weighted by molar-refractivity contribution is 0.207. The number of nitrogens with one attached hydrogen (secondary N) is 1. The number of nitrogens with two attached hydrogens (primary N) is 1. The number of nitrogens with zero attached hydrogens (tertiary/aromatic N) is 2. The summed E-state index contributed by atoms with van der Waals surface area (Å²) in [5.41, 5.74) is 7.75. The van der Waals surface area contributed by atoms with Crippen molar-refractivity contribution in [3.63, 3.8) is 0 Å². The number of aliphatic hydroxyl groups excluding tert-OH is 1. The average Bonchev–Trinajstić information content (AvgIpc) is 2.77. The van der Waals surface area contributed by atoms with Crippen LogP contribution in [0.4, 0.5) is 0 Å². The Balaban J connectivity index is 2.11. The van der Waals surface area contributed by atoms with Gasteiger partial charge in [-0.05, 0) is 31.6 Å². The quantitative estimate of drug-likeness (QED) is 0.509. The summed E-state index contributed by atoms with van der Waals surface area (Å²) < 4.78 is 31.0. The monoisotopic (exact) mass is 348 g/mol. The van der Waals surface area contributed by atoms with E-state index in [-0.39, 0.29) is 11.6 Å². The SMILES string of the molecule is CC1=C(C#N)C2NC3=C(C=CC(C)(S(=O)(=O)O)C=C3)N2C(O)=C1N. The van der Waals surface area contributed by atoms with Crippen LogP contribution in [-0.2, 0) is 10.1 Å². The third-order valence-corrected chi connectivity index (χ3v) is 5.85. The molecule has 3 aliphatic rings. The molecule has 2 unspecified atom stereocenters. The summed E-state index contributed by atoms with van der Waals surface area (Å²) in [5, 5.41) is 22.8. The first-order chi connectivity index (χ1) is 11.1. The van der Waals surface area contributed by atoms with Crippen molar-refractivity contribution in [1.82, 2.24) is 10.2 Å². The Morgan fingerprint density at radius 2 is 2.04 bits per heavy atom. The number of fused-ring (bicyclic) bond motifs is 2. The highest BCUT2D eigenvalue weighted by molar-refractivity contribution is 7.87. The summed E-state index contributed by atoms with van der Waals surface area (Å²) in [7, 11) is -4.36. The van der Waals surface area contributed by atoms with E-state index in [0.717, 1.165) is 0 Å². The van der Waals surface area contributed by atoms with Crippen LogP contribution in [0.2, 0.25) is 0 Å². The van der Waals surface area contributed by atoms with Gasteiger partial charge in [0, 0.05) is 0 Å². The van der Waals surface area contributed by atoms with Gasteiger partial charge in [0.1, 0.15) is 10.9 Å². The van der Waals surface area contributed by atoms with Gasteiger partial charge in [-0.3, -0.25) is 9.45 Å². The number of hydrogen-bond acceptors (Lipinski definition) is 7. The van der Waals surface area contributed by atoms with E-state index in [9.17, 15) is 23.3 Å². The van der Waals surface area contributed by atoms with Gasteiger partial charge in [0.25, 0.3) is 10.1 Å². The molecule has 126 valence electrons. The van der Waals surface area contributed by atoms with Crippen LogP contribution in [0.3, 0.4) is 0 Å². The van der Waals surface area contributed by atoms with Crippen LogP contribution in [0.15, 0.2) is 58.4 Å². The van der Waals surface area contributed by atoms with Crippen molar-refractivity contribution in [2.75, 3.05) is 0 Å². The second-order valence-corrected chi connectivity index (χ2v) is 7.76. The highest BCUT2D eigenvalue weighted by Crippen LogP contribution is 2.38. The normalized spacial score (nSPS) is 29.2. The van der Waals surface area contributed by atoms with E-state index in [4.69, 9.17) is 5.73 Å². The molecular weight excluding hydrogens is 332 g/mol. The minimum absolute atomic E-state index is 0.0810. The molecule has 2 heterocycles. The lowest BCUT2D eigenvalue weighted by atomic mass is 10.0. The Labute approximate surface area is 139 Å². The zero-order valence-electron chi connectivity index (χ0n) is 13.0. The second-order valence-electron chi connectivity index (χ2n) is 5.93. The van der Waals surface area contributed by atoms with Crippen LogP contribution >= 0.6 is 0 Å². The first-order valence-electron chi connectivity index (χ1n) is 7.06. The molecule has 2 aliphatic heterocycles. The fourth-order valence-electron chi connectivity index (χ4n) is 2.81. The van der Waals surface area contributed by atoms with Crippen LogP contribution in [0.1, 0.15) is 13.8 Å². The first-order valence-corrected chi connectivity index (χ1v) is 8.50. The summed E-state index contributed by atoms with van der Waals surface area (Å²) >= 11 is 0. The molecule has 0 spiro atoms. The molecule has 9 heteroatoms. The molecular formula is C15H16N4O4S. The van der Waals surface area contributed by atoms with Gasteiger partial charge in [0.05, 0.1) is 28.7 Å². The van der Waals surface area contributed by atoms with E-state index in [1.807, 2.05) is 0 Å². The average molecular weight is 348 g/mol. The van der Waals surface area contributed by atoms with Crippen molar-refractivity contribution in [2.45, 2.75) is 24.8 Å². The number of allylic oxidation sites excluding steroid dienone is 3. The number of rotatable bonds is 1. The molecule has 0 radical (unpaired) electrons. The van der Waals surface area contributed by atoms with Gasteiger partial charge in [-0.25, -0.2) is 0 Å². The maximum Gasteiger partial charge on any atom is 0.277 e. The van der Waals surface area contributed by atoms with Gasteiger partial charge in [0.2, 0.25) is 5.88 Å². The van der Waals surface area contributed by atoms with Crippen molar-refractivity contribution in [1.29, 1.82) is 5.26 Å². The zero-order chi connectivity index (χ0) is 17.9. The van der Waals surface area contributed by atoms with Crippen molar-refractivity contribution in [2.24, 2.45) is 5.73 Å². The van der Waals surface area contributed by atoms with E-state index < -0.39 is 21.0 Å². The third kappa shape index (κ3) is 2.04. The Morgan fingerprint density at radius 3 is 2.62 bits per heavy atom. The van der Waals surface area contributed by atoms with Gasteiger partial charge < -0.3 is 16.2 Å². The van der Waals surface area contributed by atoms with Crippen molar-refractivity contribution >= 4 is 10.1 Å². The maximum atomic E-state index is 11.6. The lowest BCUT2D eigenvalue weighted by Crippen LogP contribution is -2.43. The molecule has 0 aromatic heterocycles. The molecule has 8 nitrogen and oxygen atoms in total. The van der Waals surface area contributed by atoms with Crippen LogP contribution in [0.25, 0.3) is 0 Å². The minimum atomic E-state index is -4.36. The van der Waals surface area contributed by atoms with Crippen LogP contribution in [0.5, 0.6) is 0 Å². The number of hydrogen-bond donors (Lipinski definition) is 4. The molecule has 0 fully saturated rings. The molecule has 0 saturated carbocycles. The number of nitriles is 1. The lowest BCUT2D eigenvalue weighted by Gasteiger charge is -2.32. The Bertz CT molecular complexity index is 933. The van der Waals surface area contributed by atoms with Crippen molar-refractivity contribution < 1.29 is 18.1 Å². The van der Waals surface area contributed by atoms with Crippen molar-refractivity contribution in [3.05, 3.63) is 58.4 Å². The Kier molecular flexibility index (Phi) is 3.30. The molecule has 3 rings (SSSR count). The van der Waals surface area contributed by atoms with Crippen LogP contribution in [-0.4, -0.2) is 33.9 Å². The first kappa shape index (κ1) is 16.2. The second kappa shape index (κ2) is 4.90. The molecule has 0 saturated heterocycles. The minimum Gasteiger partial charge on any atom is -0.493 e. The molecule has 0 amide bonds. The van der Waals surface area contributed by atoms with Gasteiger partial charge >= 0.3 is 0 Å². The molecule has 5 N–H and O–H groups in total. The fourth-order valence-corrected chi connectivity index (χ4v) is 3.29. The predicted octanol–water partition coefficient (Wildman–Crippen LogP) is 0.741. The van der Waals surface area contributed by atoms with Gasteiger partial charge in [-0.2, -0.15) is 13.7 Å². The smallest absolute Gasteiger partial charge is 0.277 e. The highest BCUT2D eigenvalue weighted by Gasteiger charge is 2.42. The molecule has 2 atom stereocenters. The van der Waals surface area contributed by atoms with Crippen LogP contribution in [0, 0.1) is 11.3 Å². The molecule has 0 aromatic carbocycles. The van der Waals surface area contributed by atoms with Gasteiger partial charge in [0.15, 0.2) is 0 Å².